The van der Waals surface area contributed by atoms with Crippen LogP contribution in [-0.2, 0) is 4.74 Å². The zero-order chi connectivity index (χ0) is 13.8. The summed E-state index contributed by atoms with van der Waals surface area (Å²) in [6.07, 6.45) is -2.18. The summed E-state index contributed by atoms with van der Waals surface area (Å²) in [5.41, 5.74) is 0.627. The molecule has 0 saturated carbocycles. The van der Waals surface area contributed by atoms with Gasteiger partial charge in [0.25, 0.3) is 0 Å². The maximum Gasteiger partial charge on any atom is 0.573 e. The van der Waals surface area contributed by atoms with E-state index < -0.39 is 12.1 Å². The summed E-state index contributed by atoms with van der Waals surface area (Å²) in [7, 11) is 0. The molecule has 0 N–H and O–H groups in total. The summed E-state index contributed by atoms with van der Waals surface area (Å²) >= 11 is 0. The molecule has 0 unspecified atom stereocenters. The van der Waals surface area contributed by atoms with E-state index in [1.807, 2.05) is 27.7 Å². The second-order valence-corrected chi connectivity index (χ2v) is 2.19. The zero-order valence-electron chi connectivity index (χ0n) is 10.6. The van der Waals surface area contributed by atoms with Gasteiger partial charge in [-0.25, -0.2) is 0 Å². The quantitative estimate of drug-likeness (QED) is 0.483. The Kier molecular flexibility index (Phi) is 15.0. The highest BCUT2D eigenvalue weighted by Gasteiger charge is 2.30. The highest BCUT2D eigenvalue weighted by molar-refractivity contribution is 5.19. The Bertz CT molecular complexity index is 215. The first kappa shape index (κ1) is 20.3. The van der Waals surface area contributed by atoms with Gasteiger partial charge < -0.3 is 4.74 Å². The number of rotatable bonds is 3. The van der Waals surface area contributed by atoms with Gasteiger partial charge in [-0.15, -0.1) is 13.2 Å². The smallest absolute Gasteiger partial charge is 0.406 e. The van der Waals surface area contributed by atoms with Crippen molar-refractivity contribution in [1.82, 2.24) is 0 Å². The number of hydrogen-bond acceptors (Lipinski definition) is 1. The van der Waals surface area contributed by atoms with Crippen LogP contribution in [0.5, 0.6) is 0 Å². The molecule has 0 rings (SSSR count). The van der Waals surface area contributed by atoms with E-state index in [1.165, 1.54) is 6.08 Å². The van der Waals surface area contributed by atoms with E-state index in [0.717, 1.165) is 6.08 Å². The van der Waals surface area contributed by atoms with Crippen LogP contribution in [0.2, 0.25) is 0 Å². The van der Waals surface area contributed by atoms with Crippen LogP contribution in [0.1, 0.15) is 34.6 Å². The minimum Gasteiger partial charge on any atom is -0.406 e. The molecule has 0 aliphatic carbocycles. The molecule has 0 aromatic heterocycles. The predicted octanol–water partition coefficient (Wildman–Crippen LogP) is 5.22. The number of allylic oxidation sites excluding steroid dienone is 3. The first-order valence-electron chi connectivity index (χ1n) is 5.09. The lowest BCUT2D eigenvalue weighted by molar-refractivity contribution is -0.303. The second-order valence-electron chi connectivity index (χ2n) is 2.19. The maximum atomic E-state index is 11.5. The average molecular weight is 238 g/mol. The number of alkyl halides is 3. The highest BCUT2D eigenvalue weighted by Crippen LogP contribution is 2.20. The molecule has 0 saturated heterocycles. The molecule has 0 atom stereocenters. The van der Waals surface area contributed by atoms with Crippen LogP contribution < -0.4 is 0 Å². The molecule has 0 aromatic rings. The predicted molar refractivity (Wildman–Crippen MR) is 62.9 cm³/mol. The minimum absolute atomic E-state index is 0.453. The molecular formula is C12H21F3O. The Morgan fingerprint density at radius 3 is 1.62 bits per heavy atom. The third-order valence-electron chi connectivity index (χ3n) is 0.801. The van der Waals surface area contributed by atoms with Crippen molar-refractivity contribution in [2.45, 2.75) is 41.0 Å². The molecular weight excluding hydrogens is 217 g/mol. The third-order valence-corrected chi connectivity index (χ3v) is 0.801. The maximum absolute atomic E-state index is 11.5. The lowest BCUT2D eigenvalue weighted by Crippen LogP contribution is -2.11. The summed E-state index contributed by atoms with van der Waals surface area (Å²) in [6, 6.07) is 0. The zero-order valence-corrected chi connectivity index (χ0v) is 10.6. The van der Waals surface area contributed by atoms with Gasteiger partial charge in [0.05, 0.1) is 0 Å². The lowest BCUT2D eigenvalue weighted by atomic mass is 10.3. The molecule has 0 aliphatic rings. The Hall–Kier alpha value is -1.19. The summed E-state index contributed by atoms with van der Waals surface area (Å²) in [5.74, 6) is -0.453. The van der Waals surface area contributed by atoms with E-state index in [1.54, 1.807) is 6.92 Å². The highest BCUT2D eigenvalue weighted by atomic mass is 19.4. The summed E-state index contributed by atoms with van der Waals surface area (Å²) in [5, 5.41) is 0. The van der Waals surface area contributed by atoms with E-state index in [9.17, 15) is 13.2 Å². The van der Waals surface area contributed by atoms with Gasteiger partial charge in [-0.05, 0) is 13.0 Å². The van der Waals surface area contributed by atoms with Crippen LogP contribution >= 0.6 is 0 Å². The van der Waals surface area contributed by atoms with Crippen molar-refractivity contribution in [1.29, 1.82) is 0 Å². The van der Waals surface area contributed by atoms with Crippen molar-refractivity contribution in [3.63, 3.8) is 0 Å². The SMILES string of the molecule is C=C(C)/C=C\C(=C)OC(F)(F)F.CC.CC. The minimum atomic E-state index is -4.67. The van der Waals surface area contributed by atoms with Gasteiger partial charge in [0.1, 0.15) is 5.76 Å². The molecule has 1 nitrogen and oxygen atoms in total. The van der Waals surface area contributed by atoms with Gasteiger partial charge in [0.2, 0.25) is 0 Å². The van der Waals surface area contributed by atoms with Crippen LogP contribution in [-0.4, -0.2) is 6.36 Å². The van der Waals surface area contributed by atoms with Crippen molar-refractivity contribution in [2.24, 2.45) is 0 Å². The van der Waals surface area contributed by atoms with Crippen molar-refractivity contribution in [3.8, 4) is 0 Å². The van der Waals surface area contributed by atoms with Gasteiger partial charge in [-0.2, -0.15) is 0 Å². The van der Waals surface area contributed by atoms with E-state index >= 15 is 0 Å². The molecule has 0 spiro atoms. The van der Waals surface area contributed by atoms with Crippen LogP contribution in [0.15, 0.2) is 36.6 Å². The Balaban J connectivity index is -0.000000376. The number of halogens is 3. The fourth-order valence-corrected chi connectivity index (χ4v) is 0.418. The van der Waals surface area contributed by atoms with Gasteiger partial charge in [0.15, 0.2) is 0 Å². The van der Waals surface area contributed by atoms with Crippen molar-refractivity contribution >= 4 is 0 Å². The van der Waals surface area contributed by atoms with Crippen molar-refractivity contribution < 1.29 is 17.9 Å². The molecule has 0 aliphatic heterocycles. The molecule has 0 aromatic carbocycles. The molecule has 4 heteroatoms. The number of ether oxygens (including phenoxy) is 1. The standard InChI is InChI=1S/C8H9F3O.2C2H6/c1-6(2)4-5-7(3)12-8(9,10)11;2*1-2/h4-5H,1,3H2,2H3;2*1-2H3/b5-4-;;. The fourth-order valence-electron chi connectivity index (χ4n) is 0.418. The average Bonchev–Trinajstić information content (AvgIpc) is 2.18. The van der Waals surface area contributed by atoms with Gasteiger partial charge in [0, 0.05) is 0 Å². The normalized spacial score (nSPS) is 9.50. The summed E-state index contributed by atoms with van der Waals surface area (Å²) in [4.78, 5) is 0. The van der Waals surface area contributed by atoms with Crippen LogP contribution in [0.25, 0.3) is 0 Å². The Morgan fingerprint density at radius 2 is 1.38 bits per heavy atom. The van der Waals surface area contributed by atoms with Gasteiger partial charge in [-0.1, -0.05) is 52.5 Å². The van der Waals surface area contributed by atoms with E-state index in [2.05, 4.69) is 17.9 Å². The van der Waals surface area contributed by atoms with E-state index in [4.69, 9.17) is 0 Å². The van der Waals surface area contributed by atoms with Gasteiger partial charge >= 0.3 is 6.36 Å². The molecule has 0 heterocycles. The van der Waals surface area contributed by atoms with Crippen molar-refractivity contribution in [3.05, 3.63) is 36.6 Å². The Labute approximate surface area is 96.3 Å². The van der Waals surface area contributed by atoms with Crippen molar-refractivity contribution in [2.75, 3.05) is 0 Å². The van der Waals surface area contributed by atoms with E-state index in [-0.39, 0.29) is 0 Å². The molecule has 0 radical (unpaired) electrons. The fraction of sp³-hybridized carbons (Fsp3) is 0.500. The second kappa shape index (κ2) is 11.9. The van der Waals surface area contributed by atoms with Gasteiger partial charge in [-0.3, -0.25) is 0 Å². The molecule has 0 amide bonds. The largest absolute Gasteiger partial charge is 0.573 e. The Morgan fingerprint density at radius 1 is 1.00 bits per heavy atom. The molecule has 16 heavy (non-hydrogen) atoms. The first-order chi connectivity index (χ1) is 7.31. The van der Waals surface area contributed by atoms with E-state index in [0.29, 0.717) is 5.57 Å². The topological polar surface area (TPSA) is 9.23 Å². The molecule has 96 valence electrons. The molecule has 0 fully saturated rings. The molecule has 0 bridgehead atoms. The first-order valence-corrected chi connectivity index (χ1v) is 5.09. The van der Waals surface area contributed by atoms with Crippen LogP contribution in [0.4, 0.5) is 13.2 Å². The lowest BCUT2D eigenvalue weighted by Gasteiger charge is -2.07. The van der Waals surface area contributed by atoms with Crippen LogP contribution in [0.3, 0.4) is 0 Å². The third kappa shape index (κ3) is 23.0. The summed E-state index contributed by atoms with van der Waals surface area (Å²) < 4.78 is 37.9. The van der Waals surface area contributed by atoms with Crippen LogP contribution in [0, 0.1) is 0 Å². The summed E-state index contributed by atoms with van der Waals surface area (Å²) in [6.45, 7) is 16.2. The number of hydrogen-bond donors (Lipinski definition) is 0. The monoisotopic (exact) mass is 238 g/mol.